The summed E-state index contributed by atoms with van der Waals surface area (Å²) < 4.78 is 5.26. The fourth-order valence-electron chi connectivity index (χ4n) is 1.58. The highest BCUT2D eigenvalue weighted by atomic mass is 16.6. The zero-order chi connectivity index (χ0) is 10.1. The summed E-state index contributed by atoms with van der Waals surface area (Å²) >= 11 is 0. The van der Waals surface area contributed by atoms with Crippen molar-refractivity contribution in [2.24, 2.45) is 0 Å². The van der Waals surface area contributed by atoms with Crippen molar-refractivity contribution in [3.63, 3.8) is 0 Å². The van der Waals surface area contributed by atoms with E-state index >= 15 is 0 Å². The molecule has 1 aromatic heterocycles. The number of nitrogens with zero attached hydrogens (tertiary/aromatic N) is 1. The fourth-order valence-corrected chi connectivity index (χ4v) is 1.58. The van der Waals surface area contributed by atoms with Crippen LogP contribution in [0.4, 0.5) is 0 Å². The van der Waals surface area contributed by atoms with E-state index in [2.05, 4.69) is 9.97 Å². The summed E-state index contributed by atoms with van der Waals surface area (Å²) in [5, 5.41) is 27.9. The Hall–Kier alpha value is -0.950. The molecule has 0 aliphatic carbocycles. The minimum atomic E-state index is -1.06. The standard InChI is InChI=1S/C8H12N2O4/c11-2-5-6(12)7(13)8(14-5)4-1-9-3-10-4/h1,3,5-8,11-13H,2H2,(H,9,10). The van der Waals surface area contributed by atoms with E-state index in [0.29, 0.717) is 5.69 Å². The predicted octanol–water partition coefficient (Wildman–Crippen LogP) is -1.44. The second kappa shape index (κ2) is 3.66. The number of hydrogen-bond acceptors (Lipinski definition) is 5. The Kier molecular flexibility index (Phi) is 2.51. The number of H-pyrrole nitrogens is 1. The summed E-state index contributed by atoms with van der Waals surface area (Å²) in [5.74, 6) is 0. The molecular weight excluding hydrogens is 188 g/mol. The molecule has 78 valence electrons. The van der Waals surface area contributed by atoms with Gasteiger partial charge in [0.2, 0.25) is 0 Å². The summed E-state index contributed by atoms with van der Waals surface area (Å²) in [5.41, 5.74) is 0.590. The van der Waals surface area contributed by atoms with Crippen LogP contribution in [-0.4, -0.2) is 50.2 Å². The quantitative estimate of drug-likeness (QED) is 0.469. The maximum atomic E-state index is 9.60. The Labute approximate surface area is 80.2 Å². The van der Waals surface area contributed by atoms with E-state index in [1.165, 1.54) is 12.5 Å². The molecule has 4 N–H and O–H groups in total. The Morgan fingerprint density at radius 3 is 2.71 bits per heavy atom. The van der Waals surface area contributed by atoms with Crippen molar-refractivity contribution in [1.82, 2.24) is 9.97 Å². The number of aromatic amines is 1. The molecule has 1 aliphatic rings. The highest BCUT2D eigenvalue weighted by molar-refractivity contribution is 5.07. The van der Waals surface area contributed by atoms with Crippen molar-refractivity contribution in [1.29, 1.82) is 0 Å². The third-order valence-corrected chi connectivity index (χ3v) is 2.37. The van der Waals surface area contributed by atoms with Crippen LogP contribution in [0, 0.1) is 0 Å². The lowest BCUT2D eigenvalue weighted by atomic mass is 10.1. The summed E-state index contributed by atoms with van der Waals surface area (Å²) in [7, 11) is 0. The van der Waals surface area contributed by atoms with Gasteiger partial charge in [-0.3, -0.25) is 0 Å². The lowest BCUT2D eigenvalue weighted by Crippen LogP contribution is -2.32. The molecule has 0 saturated carbocycles. The molecule has 0 amide bonds. The molecule has 2 heterocycles. The van der Waals surface area contributed by atoms with Crippen LogP contribution in [0.2, 0.25) is 0 Å². The lowest BCUT2D eigenvalue weighted by molar-refractivity contribution is -0.0238. The highest BCUT2D eigenvalue weighted by Gasteiger charge is 2.43. The van der Waals surface area contributed by atoms with Gasteiger partial charge in [0.1, 0.15) is 24.4 Å². The molecule has 0 bridgehead atoms. The smallest absolute Gasteiger partial charge is 0.128 e. The van der Waals surface area contributed by atoms with Gasteiger partial charge in [-0.15, -0.1) is 0 Å². The monoisotopic (exact) mass is 200 g/mol. The van der Waals surface area contributed by atoms with Crippen LogP contribution < -0.4 is 0 Å². The molecule has 6 nitrogen and oxygen atoms in total. The van der Waals surface area contributed by atoms with Crippen LogP contribution >= 0.6 is 0 Å². The minimum absolute atomic E-state index is 0.317. The van der Waals surface area contributed by atoms with Crippen molar-refractivity contribution < 1.29 is 20.1 Å². The van der Waals surface area contributed by atoms with Gasteiger partial charge in [0, 0.05) is 0 Å². The van der Waals surface area contributed by atoms with Gasteiger partial charge >= 0.3 is 0 Å². The van der Waals surface area contributed by atoms with Crippen LogP contribution in [0.3, 0.4) is 0 Å². The summed E-state index contributed by atoms with van der Waals surface area (Å²) in [6, 6.07) is 0. The number of aromatic nitrogens is 2. The summed E-state index contributed by atoms with van der Waals surface area (Å²) in [6.07, 6.45) is -0.506. The molecule has 4 unspecified atom stereocenters. The maximum Gasteiger partial charge on any atom is 0.128 e. The van der Waals surface area contributed by atoms with Gasteiger partial charge in [-0.2, -0.15) is 0 Å². The Morgan fingerprint density at radius 1 is 1.43 bits per heavy atom. The van der Waals surface area contributed by atoms with Gasteiger partial charge in [-0.25, -0.2) is 4.98 Å². The van der Waals surface area contributed by atoms with Crippen LogP contribution in [0.1, 0.15) is 11.8 Å². The van der Waals surface area contributed by atoms with Crippen LogP contribution in [0.15, 0.2) is 12.5 Å². The minimum Gasteiger partial charge on any atom is -0.394 e. The number of hydrogen-bond donors (Lipinski definition) is 4. The lowest BCUT2D eigenvalue weighted by Gasteiger charge is -2.11. The number of ether oxygens (including phenoxy) is 1. The number of nitrogens with one attached hydrogen (secondary N) is 1. The Balaban J connectivity index is 2.16. The summed E-state index contributed by atoms with van der Waals surface area (Å²) in [6.45, 7) is -0.317. The molecule has 1 saturated heterocycles. The SMILES string of the molecule is OCC1OC(c2cnc[nH]2)C(O)C1O. The average Bonchev–Trinajstić information content (AvgIpc) is 2.78. The second-order valence-corrected chi connectivity index (χ2v) is 3.27. The molecule has 4 atom stereocenters. The molecule has 1 fully saturated rings. The maximum absolute atomic E-state index is 9.60. The van der Waals surface area contributed by atoms with Gasteiger partial charge < -0.3 is 25.0 Å². The molecule has 1 aliphatic heterocycles. The fraction of sp³-hybridized carbons (Fsp3) is 0.625. The summed E-state index contributed by atoms with van der Waals surface area (Å²) in [4.78, 5) is 6.57. The van der Waals surface area contributed by atoms with E-state index in [1.807, 2.05) is 0 Å². The van der Waals surface area contributed by atoms with Crippen LogP contribution in [-0.2, 0) is 4.74 Å². The third kappa shape index (κ3) is 1.42. The largest absolute Gasteiger partial charge is 0.394 e. The molecule has 0 aromatic carbocycles. The van der Waals surface area contributed by atoms with Gasteiger partial charge in [-0.1, -0.05) is 0 Å². The van der Waals surface area contributed by atoms with Gasteiger partial charge in [0.25, 0.3) is 0 Å². The van der Waals surface area contributed by atoms with E-state index in [-0.39, 0.29) is 6.61 Å². The van der Waals surface area contributed by atoms with Crippen molar-refractivity contribution in [3.05, 3.63) is 18.2 Å². The zero-order valence-corrected chi connectivity index (χ0v) is 7.37. The molecule has 1 aromatic rings. The van der Waals surface area contributed by atoms with Crippen LogP contribution in [0.25, 0.3) is 0 Å². The van der Waals surface area contributed by atoms with Crippen molar-refractivity contribution in [2.75, 3.05) is 6.61 Å². The Bertz CT molecular complexity index is 290. The second-order valence-electron chi connectivity index (χ2n) is 3.27. The van der Waals surface area contributed by atoms with E-state index in [9.17, 15) is 10.2 Å². The molecule has 14 heavy (non-hydrogen) atoms. The first-order chi connectivity index (χ1) is 6.74. The van der Waals surface area contributed by atoms with E-state index in [0.717, 1.165) is 0 Å². The first-order valence-electron chi connectivity index (χ1n) is 4.34. The third-order valence-electron chi connectivity index (χ3n) is 2.37. The number of imidazole rings is 1. The molecule has 0 spiro atoms. The topological polar surface area (TPSA) is 98.6 Å². The van der Waals surface area contributed by atoms with E-state index in [1.54, 1.807) is 0 Å². The van der Waals surface area contributed by atoms with Gasteiger partial charge in [0.15, 0.2) is 0 Å². The van der Waals surface area contributed by atoms with Crippen molar-refractivity contribution >= 4 is 0 Å². The van der Waals surface area contributed by atoms with E-state index in [4.69, 9.17) is 9.84 Å². The molecule has 0 radical (unpaired) electrons. The van der Waals surface area contributed by atoms with Crippen molar-refractivity contribution in [2.45, 2.75) is 24.4 Å². The van der Waals surface area contributed by atoms with E-state index < -0.39 is 24.4 Å². The molecule has 2 rings (SSSR count). The molecule has 6 heteroatoms. The number of aliphatic hydroxyl groups is 3. The van der Waals surface area contributed by atoms with Gasteiger partial charge in [0.05, 0.1) is 24.8 Å². The van der Waals surface area contributed by atoms with Crippen LogP contribution in [0.5, 0.6) is 0 Å². The van der Waals surface area contributed by atoms with Crippen molar-refractivity contribution in [3.8, 4) is 0 Å². The zero-order valence-electron chi connectivity index (χ0n) is 7.37. The average molecular weight is 200 g/mol. The first kappa shape index (κ1) is 9.60. The first-order valence-corrected chi connectivity index (χ1v) is 4.34. The van der Waals surface area contributed by atoms with Gasteiger partial charge in [-0.05, 0) is 0 Å². The molecular formula is C8H12N2O4. The Morgan fingerprint density at radius 2 is 2.21 bits per heavy atom. The highest BCUT2D eigenvalue weighted by Crippen LogP contribution is 2.31. The number of aliphatic hydroxyl groups excluding tert-OH is 3. The normalized spacial score (nSPS) is 37.6. The predicted molar refractivity (Wildman–Crippen MR) is 45.3 cm³/mol. The number of rotatable bonds is 2.